The van der Waals surface area contributed by atoms with E-state index in [-0.39, 0.29) is 0 Å². The van der Waals surface area contributed by atoms with Gasteiger partial charge in [0.15, 0.2) is 5.78 Å². The van der Waals surface area contributed by atoms with E-state index < -0.39 is 0 Å². The van der Waals surface area contributed by atoms with Gasteiger partial charge in [0.05, 0.1) is 0 Å². The zero-order valence-electron chi connectivity index (χ0n) is 8.77. The van der Waals surface area contributed by atoms with Gasteiger partial charge in [0.1, 0.15) is 0 Å². The minimum Gasteiger partial charge on any atom is -0.294 e. The van der Waals surface area contributed by atoms with Crippen molar-refractivity contribution in [2.75, 3.05) is 0 Å². The first kappa shape index (κ1) is 10.5. The summed E-state index contributed by atoms with van der Waals surface area (Å²) >= 11 is 1.83. The van der Waals surface area contributed by atoms with Crippen LogP contribution in [0.3, 0.4) is 0 Å². The molecule has 1 aromatic carbocycles. The molecule has 78 valence electrons. The van der Waals surface area contributed by atoms with E-state index >= 15 is 0 Å². The molecule has 0 radical (unpaired) electrons. The molecule has 0 aromatic heterocycles. The molecule has 1 unspecified atom stereocenters. The fourth-order valence-electron chi connectivity index (χ4n) is 1.76. The van der Waals surface area contributed by atoms with Crippen LogP contribution in [-0.2, 0) is 0 Å². The molecule has 0 saturated carbocycles. The molecule has 0 saturated heterocycles. The molecule has 1 aliphatic heterocycles. The molecule has 0 bridgehead atoms. The van der Waals surface area contributed by atoms with Gasteiger partial charge in [-0.3, -0.25) is 4.79 Å². The van der Waals surface area contributed by atoms with E-state index in [2.05, 4.69) is 6.08 Å². The van der Waals surface area contributed by atoms with Crippen molar-refractivity contribution >= 4 is 17.5 Å². The quantitative estimate of drug-likeness (QED) is 0.704. The van der Waals surface area contributed by atoms with Crippen LogP contribution in [0.5, 0.6) is 0 Å². The van der Waals surface area contributed by atoms with Crippen molar-refractivity contribution in [1.82, 2.24) is 0 Å². The van der Waals surface area contributed by atoms with Crippen LogP contribution in [0.25, 0.3) is 0 Å². The highest BCUT2D eigenvalue weighted by Gasteiger charge is 2.24. The van der Waals surface area contributed by atoms with Gasteiger partial charge in [-0.15, -0.1) is 11.8 Å². The zero-order chi connectivity index (χ0) is 10.7. The van der Waals surface area contributed by atoms with E-state index in [0.29, 0.717) is 17.5 Å². The summed E-state index contributed by atoms with van der Waals surface area (Å²) < 4.78 is 0. The number of benzene rings is 1. The van der Waals surface area contributed by atoms with Gasteiger partial charge in [0.2, 0.25) is 0 Å². The SMILES string of the molecule is C/C=C/CC1CC(=O)c2ccccc2S1. The normalized spacial score (nSPS) is 20.6. The van der Waals surface area contributed by atoms with Crippen LogP contribution in [0, 0.1) is 0 Å². The lowest BCUT2D eigenvalue weighted by Crippen LogP contribution is -2.16. The van der Waals surface area contributed by atoms with Crippen molar-refractivity contribution < 1.29 is 4.79 Å². The van der Waals surface area contributed by atoms with Crippen LogP contribution >= 0.6 is 11.8 Å². The smallest absolute Gasteiger partial charge is 0.165 e. The highest BCUT2D eigenvalue weighted by Crippen LogP contribution is 2.36. The number of carbonyl (C=O) groups is 1. The summed E-state index contributed by atoms with van der Waals surface area (Å²) in [7, 11) is 0. The Labute approximate surface area is 94.6 Å². The van der Waals surface area contributed by atoms with Crippen LogP contribution < -0.4 is 0 Å². The standard InChI is InChI=1S/C13H14OS/c1-2-3-6-10-9-12(14)11-7-4-5-8-13(11)15-10/h2-5,7-8,10H,6,9H2,1H3/b3-2+. The summed E-state index contributed by atoms with van der Waals surface area (Å²) in [5.41, 5.74) is 0.902. The molecular formula is C13H14OS. The fourth-order valence-corrected chi connectivity index (χ4v) is 3.02. The van der Waals surface area contributed by atoms with Gasteiger partial charge >= 0.3 is 0 Å². The first-order valence-corrected chi connectivity index (χ1v) is 6.09. The second-order valence-electron chi connectivity index (χ2n) is 3.67. The minimum atomic E-state index is 0.291. The average Bonchev–Trinajstić information content (AvgIpc) is 2.26. The van der Waals surface area contributed by atoms with Crippen LogP contribution in [0.1, 0.15) is 30.1 Å². The lowest BCUT2D eigenvalue weighted by molar-refractivity contribution is 0.0977. The van der Waals surface area contributed by atoms with Gasteiger partial charge in [-0.2, -0.15) is 0 Å². The summed E-state index contributed by atoms with van der Waals surface area (Å²) in [5.74, 6) is 0.291. The molecule has 2 heteroatoms. The Kier molecular flexibility index (Phi) is 3.27. The van der Waals surface area contributed by atoms with E-state index in [1.54, 1.807) is 0 Å². The molecule has 0 fully saturated rings. The van der Waals surface area contributed by atoms with E-state index in [4.69, 9.17) is 0 Å². The maximum Gasteiger partial charge on any atom is 0.165 e. The van der Waals surface area contributed by atoms with Crippen molar-refractivity contribution in [3.8, 4) is 0 Å². The average molecular weight is 218 g/mol. The molecule has 1 nitrogen and oxygen atoms in total. The molecule has 1 aromatic rings. The molecule has 1 heterocycles. The van der Waals surface area contributed by atoms with Gasteiger partial charge in [0, 0.05) is 22.1 Å². The number of carbonyl (C=O) groups excluding carboxylic acids is 1. The van der Waals surface area contributed by atoms with E-state index in [1.807, 2.05) is 49.0 Å². The Bertz CT molecular complexity index is 395. The monoisotopic (exact) mass is 218 g/mol. The third kappa shape index (κ3) is 2.32. The van der Waals surface area contributed by atoms with Gasteiger partial charge in [-0.1, -0.05) is 30.4 Å². The summed E-state index contributed by atoms with van der Waals surface area (Å²) in [5, 5.41) is 0.420. The van der Waals surface area contributed by atoms with Gasteiger partial charge < -0.3 is 0 Å². The van der Waals surface area contributed by atoms with Crippen molar-refractivity contribution in [2.45, 2.75) is 29.9 Å². The highest BCUT2D eigenvalue weighted by molar-refractivity contribution is 8.00. The number of rotatable bonds is 2. The van der Waals surface area contributed by atoms with Gasteiger partial charge in [0.25, 0.3) is 0 Å². The topological polar surface area (TPSA) is 17.1 Å². The second kappa shape index (κ2) is 4.67. The predicted molar refractivity (Wildman–Crippen MR) is 64.5 cm³/mol. The highest BCUT2D eigenvalue weighted by atomic mass is 32.2. The lowest BCUT2D eigenvalue weighted by Gasteiger charge is -2.21. The fraction of sp³-hybridized carbons (Fsp3) is 0.308. The summed E-state index contributed by atoms with van der Waals surface area (Å²) in [6.07, 6.45) is 5.84. The zero-order valence-corrected chi connectivity index (χ0v) is 9.59. The molecule has 0 amide bonds. The largest absolute Gasteiger partial charge is 0.294 e. The van der Waals surface area contributed by atoms with E-state index in [1.165, 1.54) is 0 Å². The lowest BCUT2D eigenvalue weighted by atomic mass is 10.0. The minimum absolute atomic E-state index is 0.291. The number of fused-ring (bicyclic) bond motifs is 1. The molecule has 1 atom stereocenters. The first-order valence-electron chi connectivity index (χ1n) is 5.21. The summed E-state index contributed by atoms with van der Waals surface area (Å²) in [6, 6.07) is 7.90. The second-order valence-corrected chi connectivity index (χ2v) is 5.01. The molecular weight excluding hydrogens is 204 g/mol. The molecule has 0 spiro atoms. The summed E-state index contributed by atoms with van der Waals surface area (Å²) in [6.45, 7) is 2.02. The third-order valence-corrected chi connectivity index (χ3v) is 3.83. The van der Waals surface area contributed by atoms with E-state index in [0.717, 1.165) is 16.9 Å². The van der Waals surface area contributed by atoms with Crippen LogP contribution in [0.4, 0.5) is 0 Å². The summed E-state index contributed by atoms with van der Waals surface area (Å²) in [4.78, 5) is 13.0. The number of thioether (sulfide) groups is 1. The Morgan fingerprint density at radius 2 is 2.27 bits per heavy atom. The van der Waals surface area contributed by atoms with Crippen LogP contribution in [0.15, 0.2) is 41.3 Å². The molecule has 2 rings (SSSR count). The van der Waals surface area contributed by atoms with Crippen molar-refractivity contribution in [2.24, 2.45) is 0 Å². The number of hydrogen-bond acceptors (Lipinski definition) is 2. The van der Waals surface area contributed by atoms with Gasteiger partial charge in [-0.25, -0.2) is 0 Å². The number of Topliss-reactive ketones (excluding diaryl/α,β-unsaturated/α-hetero) is 1. The maximum absolute atomic E-state index is 11.8. The number of hydrogen-bond donors (Lipinski definition) is 0. The Balaban J connectivity index is 2.19. The molecule has 0 aliphatic carbocycles. The Hall–Kier alpha value is -1.02. The Morgan fingerprint density at radius 1 is 1.47 bits per heavy atom. The van der Waals surface area contributed by atoms with E-state index in [9.17, 15) is 4.79 Å². The van der Waals surface area contributed by atoms with Crippen molar-refractivity contribution in [1.29, 1.82) is 0 Å². The number of allylic oxidation sites excluding steroid dienone is 2. The first-order chi connectivity index (χ1) is 7.31. The molecule has 0 N–H and O–H groups in total. The third-order valence-electron chi connectivity index (χ3n) is 2.53. The van der Waals surface area contributed by atoms with Crippen molar-refractivity contribution in [3.63, 3.8) is 0 Å². The molecule has 1 aliphatic rings. The van der Waals surface area contributed by atoms with Crippen LogP contribution in [-0.4, -0.2) is 11.0 Å². The number of ketones is 1. The van der Waals surface area contributed by atoms with Gasteiger partial charge in [-0.05, 0) is 19.4 Å². The molecule has 15 heavy (non-hydrogen) atoms. The van der Waals surface area contributed by atoms with Crippen LogP contribution in [0.2, 0.25) is 0 Å². The predicted octanol–water partition coefficient (Wildman–Crippen LogP) is 3.70. The van der Waals surface area contributed by atoms with Crippen molar-refractivity contribution in [3.05, 3.63) is 42.0 Å². The Morgan fingerprint density at radius 3 is 3.07 bits per heavy atom. The maximum atomic E-state index is 11.8.